The van der Waals surface area contributed by atoms with Crippen molar-refractivity contribution in [1.29, 1.82) is 0 Å². The summed E-state index contributed by atoms with van der Waals surface area (Å²) in [6.45, 7) is 4.66. The second-order valence-corrected chi connectivity index (χ2v) is 5.37. The van der Waals surface area contributed by atoms with Gasteiger partial charge in [0.25, 0.3) is 0 Å². The Hall–Kier alpha value is 0.640. The van der Waals surface area contributed by atoms with E-state index in [1.54, 1.807) is 0 Å². The smallest absolute Gasteiger partial charge is 0.0200 e. The van der Waals surface area contributed by atoms with Gasteiger partial charge < -0.3 is 0 Å². The van der Waals surface area contributed by atoms with Gasteiger partial charge in [-0.2, -0.15) is 0 Å². The summed E-state index contributed by atoms with van der Waals surface area (Å²) in [4.78, 5) is 0. The zero-order valence-electron chi connectivity index (χ0n) is 8.11. The minimum atomic E-state index is 0.670. The zero-order chi connectivity index (χ0) is 9.03. The molecular formula is C10H19ClS. The molecule has 0 spiro atoms. The van der Waals surface area contributed by atoms with Crippen LogP contribution in [-0.4, -0.2) is 5.25 Å². The molecule has 2 heteroatoms. The third-order valence-corrected chi connectivity index (χ3v) is 5.10. The molecule has 0 N–H and O–H groups in total. The summed E-state index contributed by atoms with van der Waals surface area (Å²) in [5.41, 5.74) is 0.670. The van der Waals surface area contributed by atoms with E-state index >= 15 is 0 Å². The van der Waals surface area contributed by atoms with Gasteiger partial charge in [0.05, 0.1) is 0 Å². The molecular weight excluding hydrogens is 188 g/mol. The van der Waals surface area contributed by atoms with Gasteiger partial charge in [-0.1, -0.05) is 37.7 Å². The van der Waals surface area contributed by atoms with Gasteiger partial charge in [0.15, 0.2) is 0 Å². The highest BCUT2D eigenvalue weighted by Crippen LogP contribution is 2.45. The predicted octanol–water partition coefficient (Wildman–Crippen LogP) is 4.62. The van der Waals surface area contributed by atoms with E-state index in [0.29, 0.717) is 5.41 Å². The van der Waals surface area contributed by atoms with E-state index < -0.39 is 0 Å². The van der Waals surface area contributed by atoms with E-state index in [0.717, 1.165) is 5.25 Å². The van der Waals surface area contributed by atoms with Crippen LogP contribution < -0.4 is 0 Å². The first-order chi connectivity index (χ1) is 5.76. The molecule has 72 valence electrons. The van der Waals surface area contributed by atoms with Gasteiger partial charge in [0.1, 0.15) is 0 Å². The Morgan fingerprint density at radius 2 is 1.75 bits per heavy atom. The quantitative estimate of drug-likeness (QED) is 0.649. The molecule has 1 fully saturated rings. The fraction of sp³-hybridized carbons (Fsp3) is 1.00. The molecule has 1 saturated carbocycles. The van der Waals surface area contributed by atoms with Crippen molar-refractivity contribution in [2.24, 2.45) is 5.41 Å². The van der Waals surface area contributed by atoms with Crippen LogP contribution in [0.1, 0.15) is 52.4 Å². The Morgan fingerprint density at radius 3 is 2.08 bits per heavy atom. The molecule has 1 aliphatic rings. The number of hydrogen-bond donors (Lipinski definition) is 0. The van der Waals surface area contributed by atoms with Gasteiger partial charge in [-0.25, -0.2) is 0 Å². The monoisotopic (exact) mass is 206 g/mol. The number of halogens is 1. The van der Waals surface area contributed by atoms with Crippen molar-refractivity contribution in [3.63, 3.8) is 0 Å². The van der Waals surface area contributed by atoms with Crippen molar-refractivity contribution >= 4 is 21.7 Å². The highest BCUT2D eigenvalue weighted by Gasteiger charge is 2.31. The molecule has 0 atom stereocenters. The van der Waals surface area contributed by atoms with Crippen LogP contribution in [0.3, 0.4) is 0 Å². The van der Waals surface area contributed by atoms with Crippen molar-refractivity contribution in [3.8, 4) is 0 Å². The maximum Gasteiger partial charge on any atom is 0.0200 e. The lowest BCUT2D eigenvalue weighted by Crippen LogP contribution is -2.26. The molecule has 0 saturated heterocycles. The summed E-state index contributed by atoms with van der Waals surface area (Å²) in [7, 11) is 7.32. The van der Waals surface area contributed by atoms with Crippen molar-refractivity contribution < 1.29 is 0 Å². The van der Waals surface area contributed by atoms with Crippen molar-refractivity contribution in [2.75, 3.05) is 0 Å². The fourth-order valence-corrected chi connectivity index (χ4v) is 3.20. The van der Waals surface area contributed by atoms with Gasteiger partial charge in [-0.3, -0.25) is 0 Å². The highest BCUT2D eigenvalue weighted by atomic mass is 35.7. The van der Waals surface area contributed by atoms with E-state index in [-0.39, 0.29) is 0 Å². The molecule has 0 unspecified atom stereocenters. The van der Waals surface area contributed by atoms with Crippen LogP contribution in [0.25, 0.3) is 0 Å². The maximum absolute atomic E-state index is 5.78. The van der Waals surface area contributed by atoms with Crippen LogP contribution in [0.2, 0.25) is 0 Å². The van der Waals surface area contributed by atoms with Crippen LogP contribution in [-0.2, 0) is 0 Å². The molecule has 0 aromatic heterocycles. The molecule has 0 heterocycles. The van der Waals surface area contributed by atoms with Crippen LogP contribution in [0.4, 0.5) is 0 Å². The molecule has 12 heavy (non-hydrogen) atoms. The van der Waals surface area contributed by atoms with E-state index in [2.05, 4.69) is 13.8 Å². The Morgan fingerprint density at radius 1 is 1.25 bits per heavy atom. The summed E-state index contributed by atoms with van der Waals surface area (Å²) >= 11 is 0. The largest absolute Gasteiger partial charge is 0.0649 e. The van der Waals surface area contributed by atoms with E-state index in [4.69, 9.17) is 10.7 Å². The summed E-state index contributed by atoms with van der Waals surface area (Å²) in [6.07, 6.45) is 8.15. The number of hydrogen-bond acceptors (Lipinski definition) is 1. The molecule has 0 bridgehead atoms. The van der Waals surface area contributed by atoms with Crippen molar-refractivity contribution in [1.82, 2.24) is 0 Å². The van der Waals surface area contributed by atoms with Crippen LogP contribution in [0.15, 0.2) is 0 Å². The first kappa shape index (κ1) is 10.7. The molecule has 0 aliphatic heterocycles. The van der Waals surface area contributed by atoms with Crippen molar-refractivity contribution in [3.05, 3.63) is 0 Å². The minimum Gasteiger partial charge on any atom is -0.0649 e. The maximum atomic E-state index is 5.78. The molecule has 1 aliphatic carbocycles. The van der Waals surface area contributed by atoms with Gasteiger partial charge in [-0.05, 0) is 41.8 Å². The molecule has 1 rings (SSSR count). The Kier molecular flexibility index (Phi) is 4.25. The van der Waals surface area contributed by atoms with Crippen LogP contribution in [0, 0.1) is 5.41 Å². The average molecular weight is 207 g/mol. The zero-order valence-corrected chi connectivity index (χ0v) is 9.68. The van der Waals surface area contributed by atoms with Gasteiger partial charge in [-0.15, -0.1) is 0 Å². The highest BCUT2D eigenvalue weighted by molar-refractivity contribution is 8.21. The summed E-state index contributed by atoms with van der Waals surface area (Å²) in [5.74, 6) is 0. The van der Waals surface area contributed by atoms with Crippen molar-refractivity contribution in [2.45, 2.75) is 57.6 Å². The third-order valence-electron chi connectivity index (χ3n) is 3.62. The standard InChI is InChI=1S/C10H19ClS/c1-3-10(4-2)7-5-9(12-11)6-8-10/h9H,3-8H2,1-2H3. The third kappa shape index (κ3) is 2.32. The topological polar surface area (TPSA) is 0 Å². The number of rotatable bonds is 3. The second kappa shape index (κ2) is 4.76. The Labute approximate surface area is 84.9 Å². The van der Waals surface area contributed by atoms with Gasteiger partial charge in [0, 0.05) is 5.25 Å². The first-order valence-corrected chi connectivity index (χ1v) is 6.74. The van der Waals surface area contributed by atoms with Crippen LogP contribution >= 0.6 is 21.7 Å². The predicted molar refractivity (Wildman–Crippen MR) is 58.7 cm³/mol. The lowest BCUT2D eigenvalue weighted by Gasteiger charge is -2.38. The molecule has 0 aromatic rings. The minimum absolute atomic E-state index is 0.670. The lowest BCUT2D eigenvalue weighted by molar-refractivity contribution is 0.177. The first-order valence-electron chi connectivity index (χ1n) is 5.03. The van der Waals surface area contributed by atoms with E-state index in [1.807, 2.05) is 0 Å². The lowest BCUT2D eigenvalue weighted by atomic mass is 9.70. The van der Waals surface area contributed by atoms with E-state index in [9.17, 15) is 0 Å². The van der Waals surface area contributed by atoms with Gasteiger partial charge in [0.2, 0.25) is 0 Å². The SMILES string of the molecule is CCC1(CC)CCC(SCl)CC1. The van der Waals surface area contributed by atoms with Crippen LogP contribution in [0.5, 0.6) is 0 Å². The van der Waals surface area contributed by atoms with E-state index in [1.165, 1.54) is 49.5 Å². The second-order valence-electron chi connectivity index (χ2n) is 4.00. The summed E-state index contributed by atoms with van der Waals surface area (Å²) in [6, 6.07) is 0. The normalized spacial score (nSPS) is 24.2. The summed E-state index contributed by atoms with van der Waals surface area (Å²) < 4.78 is 0. The average Bonchev–Trinajstić information content (AvgIpc) is 2.18. The molecule has 0 amide bonds. The molecule has 0 nitrogen and oxygen atoms in total. The Bertz CT molecular complexity index is 122. The molecule has 0 radical (unpaired) electrons. The Balaban J connectivity index is 2.42. The van der Waals surface area contributed by atoms with Gasteiger partial charge >= 0.3 is 0 Å². The fourth-order valence-electron chi connectivity index (χ4n) is 2.25. The summed E-state index contributed by atoms with van der Waals surface area (Å²) in [5, 5.41) is 0.734. The molecule has 0 aromatic carbocycles.